The fourth-order valence-corrected chi connectivity index (χ4v) is 2.50. The largest absolute Gasteiger partial charge is 0.394 e. The van der Waals surface area contributed by atoms with E-state index in [2.05, 4.69) is 0 Å². The van der Waals surface area contributed by atoms with Crippen molar-refractivity contribution in [2.45, 2.75) is 68.3 Å². The monoisotopic (exact) mass is 326 g/mol. The third-order valence-electron chi connectivity index (χ3n) is 3.94. The smallest absolute Gasteiger partial charge is 0.187 e. The van der Waals surface area contributed by atoms with E-state index in [0.29, 0.717) is 0 Å². The van der Waals surface area contributed by atoms with Crippen molar-refractivity contribution < 1.29 is 50.0 Å². The van der Waals surface area contributed by atoms with Crippen LogP contribution in [0.4, 0.5) is 0 Å². The van der Waals surface area contributed by atoms with Crippen LogP contribution in [0.5, 0.6) is 0 Å². The Labute approximate surface area is 126 Å². The van der Waals surface area contributed by atoms with Gasteiger partial charge in [-0.1, -0.05) is 0 Å². The molecule has 2 heterocycles. The lowest BCUT2D eigenvalue weighted by Crippen LogP contribution is -2.63. The Kier molecular flexibility index (Phi) is 5.72. The maximum Gasteiger partial charge on any atom is 0.187 e. The Morgan fingerprint density at radius 2 is 1.45 bits per heavy atom. The van der Waals surface area contributed by atoms with Gasteiger partial charge in [0.25, 0.3) is 0 Å². The molecule has 2 fully saturated rings. The van der Waals surface area contributed by atoms with E-state index in [1.807, 2.05) is 0 Å². The average Bonchev–Trinajstić information content (AvgIpc) is 2.49. The molecule has 2 aliphatic heterocycles. The van der Waals surface area contributed by atoms with E-state index in [1.165, 1.54) is 6.92 Å². The number of hydrogen-bond acceptors (Lipinski definition) is 10. The first-order valence-corrected chi connectivity index (χ1v) is 6.93. The Morgan fingerprint density at radius 3 is 2.05 bits per heavy atom. The summed E-state index contributed by atoms with van der Waals surface area (Å²) in [6.45, 7) is 0.823. The van der Waals surface area contributed by atoms with Gasteiger partial charge in [0.1, 0.15) is 42.7 Å². The van der Waals surface area contributed by atoms with E-state index in [9.17, 15) is 30.6 Å². The van der Waals surface area contributed by atoms with Crippen molar-refractivity contribution in [2.75, 3.05) is 6.61 Å². The molecule has 0 aromatic rings. The average molecular weight is 326 g/mol. The lowest BCUT2D eigenvalue weighted by atomic mass is 9.97. The molecule has 2 aliphatic rings. The van der Waals surface area contributed by atoms with Gasteiger partial charge in [-0.2, -0.15) is 0 Å². The molecule has 0 aromatic carbocycles. The molecule has 0 aliphatic carbocycles. The van der Waals surface area contributed by atoms with E-state index in [4.69, 9.17) is 19.3 Å². The van der Waals surface area contributed by atoms with Crippen molar-refractivity contribution in [1.82, 2.24) is 0 Å². The Hall–Kier alpha value is -0.400. The van der Waals surface area contributed by atoms with Crippen LogP contribution in [-0.2, 0) is 14.2 Å². The van der Waals surface area contributed by atoms with Crippen LogP contribution in [0.15, 0.2) is 0 Å². The molecule has 10 atom stereocenters. The van der Waals surface area contributed by atoms with Crippen LogP contribution in [0.1, 0.15) is 6.92 Å². The summed E-state index contributed by atoms with van der Waals surface area (Å²) in [6, 6.07) is 0. The minimum absolute atomic E-state index is 0.619. The number of hydrogen-bond donors (Lipinski definition) is 7. The van der Waals surface area contributed by atoms with Crippen LogP contribution < -0.4 is 0 Å². The normalized spacial score (nSPS) is 53.5. The highest BCUT2D eigenvalue weighted by molar-refractivity contribution is 4.92. The second-order valence-corrected chi connectivity index (χ2v) is 5.51. The summed E-state index contributed by atoms with van der Waals surface area (Å²) in [7, 11) is 0. The summed E-state index contributed by atoms with van der Waals surface area (Å²) in [5.41, 5.74) is 0. The molecular weight excluding hydrogens is 304 g/mol. The third kappa shape index (κ3) is 3.26. The molecule has 0 unspecified atom stereocenters. The van der Waals surface area contributed by atoms with Gasteiger partial charge in [-0.3, -0.25) is 0 Å². The van der Waals surface area contributed by atoms with Gasteiger partial charge in [-0.05, 0) is 6.92 Å². The van der Waals surface area contributed by atoms with Gasteiger partial charge in [0.05, 0.1) is 12.7 Å². The molecule has 0 amide bonds. The lowest BCUT2D eigenvalue weighted by Gasteiger charge is -2.44. The molecule has 0 radical (unpaired) electrons. The first-order chi connectivity index (χ1) is 10.3. The van der Waals surface area contributed by atoms with E-state index in [-0.39, 0.29) is 0 Å². The molecule has 2 rings (SSSR count). The molecule has 0 bridgehead atoms. The molecule has 10 heteroatoms. The molecule has 0 spiro atoms. The Morgan fingerprint density at radius 1 is 0.818 bits per heavy atom. The van der Waals surface area contributed by atoms with Gasteiger partial charge in [-0.25, -0.2) is 0 Å². The van der Waals surface area contributed by atoms with Gasteiger partial charge >= 0.3 is 0 Å². The highest BCUT2D eigenvalue weighted by atomic mass is 16.7. The fraction of sp³-hybridized carbons (Fsp3) is 1.00. The molecule has 0 saturated carbocycles. The highest BCUT2D eigenvalue weighted by Gasteiger charge is 2.49. The van der Waals surface area contributed by atoms with Gasteiger partial charge in [0, 0.05) is 0 Å². The highest BCUT2D eigenvalue weighted by Crippen LogP contribution is 2.28. The minimum atomic E-state index is -1.69. The van der Waals surface area contributed by atoms with E-state index >= 15 is 0 Å². The van der Waals surface area contributed by atoms with Crippen molar-refractivity contribution in [2.24, 2.45) is 0 Å². The van der Waals surface area contributed by atoms with Crippen LogP contribution in [0.2, 0.25) is 0 Å². The summed E-state index contributed by atoms with van der Waals surface area (Å²) >= 11 is 0. The second-order valence-electron chi connectivity index (χ2n) is 5.51. The number of ether oxygens (including phenoxy) is 3. The van der Waals surface area contributed by atoms with E-state index in [1.54, 1.807) is 0 Å². The Balaban J connectivity index is 2.06. The van der Waals surface area contributed by atoms with Crippen molar-refractivity contribution in [3.63, 3.8) is 0 Å². The minimum Gasteiger partial charge on any atom is -0.394 e. The van der Waals surface area contributed by atoms with E-state index in [0.717, 1.165) is 0 Å². The SMILES string of the molecule is C[C@@H]1O[C@@H](O[C@H]2[C@@H](O)[C@H](O)[C@@H](CO)O[C@@H]2O)[C@H](O)[C@H](O)[C@H]1O. The first-order valence-electron chi connectivity index (χ1n) is 6.93. The molecule has 0 aromatic heterocycles. The third-order valence-corrected chi connectivity index (χ3v) is 3.94. The molecule has 130 valence electrons. The van der Waals surface area contributed by atoms with Crippen LogP contribution in [-0.4, -0.2) is 104 Å². The first kappa shape index (κ1) is 17.9. The summed E-state index contributed by atoms with van der Waals surface area (Å²) in [5, 5.41) is 67.5. The summed E-state index contributed by atoms with van der Waals surface area (Å²) in [4.78, 5) is 0. The number of aliphatic hydroxyl groups is 7. The second kappa shape index (κ2) is 7.01. The van der Waals surface area contributed by atoms with Gasteiger partial charge in [0.2, 0.25) is 0 Å². The van der Waals surface area contributed by atoms with Crippen LogP contribution in [0.25, 0.3) is 0 Å². The van der Waals surface area contributed by atoms with Crippen LogP contribution >= 0.6 is 0 Å². The maximum absolute atomic E-state index is 9.93. The summed E-state index contributed by atoms with van der Waals surface area (Å²) in [5.74, 6) is 0. The molecule has 7 N–H and O–H groups in total. The van der Waals surface area contributed by atoms with Crippen molar-refractivity contribution in [3.8, 4) is 0 Å². The van der Waals surface area contributed by atoms with E-state index < -0.39 is 68.0 Å². The summed E-state index contributed by atoms with van der Waals surface area (Å²) in [6.07, 6.45) is -14.3. The van der Waals surface area contributed by atoms with Crippen molar-refractivity contribution in [1.29, 1.82) is 0 Å². The molecule has 10 nitrogen and oxygen atoms in total. The quantitative estimate of drug-likeness (QED) is 0.269. The molecule has 22 heavy (non-hydrogen) atoms. The molecule has 2 saturated heterocycles. The lowest BCUT2D eigenvalue weighted by molar-refractivity contribution is -0.358. The van der Waals surface area contributed by atoms with Crippen LogP contribution in [0.3, 0.4) is 0 Å². The van der Waals surface area contributed by atoms with Gasteiger partial charge < -0.3 is 50.0 Å². The van der Waals surface area contributed by atoms with Crippen molar-refractivity contribution >= 4 is 0 Å². The number of aliphatic hydroxyl groups excluding tert-OH is 7. The van der Waals surface area contributed by atoms with Gasteiger partial charge in [-0.15, -0.1) is 0 Å². The summed E-state index contributed by atoms with van der Waals surface area (Å²) < 4.78 is 15.3. The predicted molar refractivity (Wildman–Crippen MR) is 67.2 cm³/mol. The zero-order valence-corrected chi connectivity index (χ0v) is 11.8. The van der Waals surface area contributed by atoms with Gasteiger partial charge in [0.15, 0.2) is 12.6 Å². The van der Waals surface area contributed by atoms with Crippen molar-refractivity contribution in [3.05, 3.63) is 0 Å². The number of rotatable bonds is 3. The predicted octanol–water partition coefficient (Wildman–Crippen LogP) is -4.37. The zero-order chi connectivity index (χ0) is 16.6. The van der Waals surface area contributed by atoms with Crippen LogP contribution in [0, 0.1) is 0 Å². The Bertz CT molecular complexity index is 368. The fourth-order valence-electron chi connectivity index (χ4n) is 2.50. The topological polar surface area (TPSA) is 169 Å². The maximum atomic E-state index is 9.93. The zero-order valence-electron chi connectivity index (χ0n) is 11.8. The standard InChI is InChI=1S/C12H22O10/c1-3-5(14)7(16)9(18)12(20-3)22-10-8(17)6(15)4(2-13)21-11(10)19/h3-19H,2H2,1H3/t3-,4+,5-,6+,7+,8-,9+,10-,11-,12-/m0/s1. The molecular formula is C12H22O10.